The van der Waals surface area contributed by atoms with Gasteiger partial charge in [0.25, 0.3) is 0 Å². The van der Waals surface area contributed by atoms with Gasteiger partial charge >= 0.3 is 0 Å². The Balaban J connectivity index is 2.06. The molecule has 0 radical (unpaired) electrons. The molecule has 4 bridgehead atoms. The standard InChI is InChI=1S/C14H12N2/c1-2-4-7-12-11(6-3-1)14-13-8-5-9-15(14)10-16(12)13/h1-8H,9-10H2/b2-1-,3-1?,4-2?,6-3-,7-4-,11-6?,12-7?. The lowest BCUT2D eigenvalue weighted by molar-refractivity contribution is 0.694. The summed E-state index contributed by atoms with van der Waals surface area (Å²) in [4.78, 5) is 2.43. The number of aromatic nitrogens is 1. The minimum absolute atomic E-state index is 1.01. The fourth-order valence-corrected chi connectivity index (χ4v) is 2.77. The highest BCUT2D eigenvalue weighted by molar-refractivity contribution is 5.87. The Labute approximate surface area is 94.5 Å². The molecule has 1 aliphatic carbocycles. The monoisotopic (exact) mass is 208 g/mol. The van der Waals surface area contributed by atoms with Crippen molar-refractivity contribution in [2.24, 2.45) is 0 Å². The molecule has 0 atom stereocenters. The van der Waals surface area contributed by atoms with Gasteiger partial charge in [-0.05, 0) is 12.2 Å². The molecular formula is C14H12N2. The van der Waals surface area contributed by atoms with Crippen LogP contribution in [0.5, 0.6) is 0 Å². The predicted octanol–water partition coefficient (Wildman–Crippen LogP) is 2.89. The average Bonchev–Trinajstić information content (AvgIpc) is 2.65. The molecule has 0 unspecified atom stereocenters. The summed E-state index contributed by atoms with van der Waals surface area (Å²) in [6, 6.07) is 0. The highest BCUT2D eigenvalue weighted by atomic mass is 15.3. The topological polar surface area (TPSA) is 8.17 Å². The summed E-state index contributed by atoms with van der Waals surface area (Å²) in [6.45, 7) is 2.05. The van der Waals surface area contributed by atoms with Crippen LogP contribution in [0.1, 0.15) is 17.0 Å². The van der Waals surface area contributed by atoms with Crippen LogP contribution >= 0.6 is 0 Å². The molecule has 2 heteroatoms. The summed E-state index contributed by atoms with van der Waals surface area (Å²) < 4.78 is 2.40. The molecular weight excluding hydrogens is 196 g/mol. The van der Waals surface area contributed by atoms with Crippen molar-refractivity contribution in [1.82, 2.24) is 4.57 Å². The van der Waals surface area contributed by atoms with Gasteiger partial charge < -0.3 is 9.47 Å². The SMILES string of the molecule is C1=Cc2c3c4c(n2CN3C1)\C=C/C=C\C=C/4. The van der Waals surface area contributed by atoms with Crippen LogP contribution in [0, 0.1) is 0 Å². The molecule has 0 saturated heterocycles. The summed E-state index contributed by atoms with van der Waals surface area (Å²) in [7, 11) is 0. The highest BCUT2D eigenvalue weighted by Gasteiger charge is 2.31. The third-order valence-electron chi connectivity index (χ3n) is 3.44. The lowest BCUT2D eigenvalue weighted by Gasteiger charge is -2.24. The van der Waals surface area contributed by atoms with Crippen LogP contribution < -0.4 is 4.90 Å². The molecule has 3 aliphatic rings. The quantitative estimate of drug-likeness (QED) is 0.636. The third-order valence-corrected chi connectivity index (χ3v) is 3.44. The maximum absolute atomic E-state index is 2.43. The van der Waals surface area contributed by atoms with E-state index in [0.717, 1.165) is 13.2 Å². The fourth-order valence-electron chi connectivity index (χ4n) is 2.77. The first-order chi connectivity index (χ1) is 7.95. The second kappa shape index (κ2) is 2.79. The molecule has 4 rings (SSSR count). The van der Waals surface area contributed by atoms with Crippen LogP contribution in [-0.4, -0.2) is 11.1 Å². The van der Waals surface area contributed by atoms with E-state index in [2.05, 4.69) is 58.1 Å². The van der Waals surface area contributed by atoms with Crippen molar-refractivity contribution < 1.29 is 0 Å². The van der Waals surface area contributed by atoms with Gasteiger partial charge in [-0.3, -0.25) is 0 Å². The number of hydrogen-bond acceptors (Lipinski definition) is 1. The van der Waals surface area contributed by atoms with Crippen molar-refractivity contribution in [3.63, 3.8) is 0 Å². The molecule has 1 aromatic heterocycles. The van der Waals surface area contributed by atoms with Crippen LogP contribution in [0.2, 0.25) is 0 Å². The van der Waals surface area contributed by atoms with E-state index >= 15 is 0 Å². The van der Waals surface area contributed by atoms with Gasteiger partial charge in [-0.2, -0.15) is 0 Å². The van der Waals surface area contributed by atoms with Crippen LogP contribution in [0.25, 0.3) is 18.2 Å². The van der Waals surface area contributed by atoms with E-state index in [9.17, 15) is 0 Å². The zero-order valence-corrected chi connectivity index (χ0v) is 8.93. The minimum atomic E-state index is 1.01. The normalized spacial score (nSPS) is 24.9. The number of rotatable bonds is 0. The second-order valence-corrected chi connectivity index (χ2v) is 4.33. The summed E-state index contributed by atoms with van der Waals surface area (Å²) in [5.74, 6) is 0. The van der Waals surface area contributed by atoms with Gasteiger partial charge in [-0.25, -0.2) is 0 Å². The van der Waals surface area contributed by atoms with Crippen LogP contribution in [0.4, 0.5) is 5.69 Å². The number of fused-ring (bicyclic) bond motifs is 2. The van der Waals surface area contributed by atoms with Gasteiger partial charge in [0, 0.05) is 12.1 Å². The van der Waals surface area contributed by atoms with Crippen molar-refractivity contribution in [3.05, 3.63) is 47.3 Å². The molecule has 0 saturated carbocycles. The lowest BCUT2D eigenvalue weighted by atomic mass is 10.1. The van der Waals surface area contributed by atoms with Gasteiger partial charge in [0.15, 0.2) is 0 Å². The Morgan fingerprint density at radius 3 is 2.69 bits per heavy atom. The molecule has 0 N–H and O–H groups in total. The first-order valence-electron chi connectivity index (χ1n) is 5.64. The number of nitrogens with zero attached hydrogens (tertiary/aromatic N) is 2. The number of hydrogen-bond donors (Lipinski definition) is 0. The Morgan fingerprint density at radius 2 is 1.75 bits per heavy atom. The third kappa shape index (κ3) is 0.871. The Hall–Kier alpha value is -1.96. The van der Waals surface area contributed by atoms with Crippen LogP contribution in [-0.2, 0) is 6.67 Å². The number of allylic oxidation sites excluding steroid dienone is 4. The van der Waals surface area contributed by atoms with Crippen molar-refractivity contribution in [2.75, 3.05) is 11.4 Å². The van der Waals surface area contributed by atoms with E-state index in [1.165, 1.54) is 22.6 Å². The van der Waals surface area contributed by atoms with Crippen molar-refractivity contribution >= 4 is 23.9 Å². The molecule has 3 heterocycles. The second-order valence-electron chi connectivity index (χ2n) is 4.33. The lowest BCUT2D eigenvalue weighted by Crippen LogP contribution is -2.24. The van der Waals surface area contributed by atoms with E-state index in [0.29, 0.717) is 0 Å². The zero-order chi connectivity index (χ0) is 10.5. The summed E-state index contributed by atoms with van der Waals surface area (Å²) in [5.41, 5.74) is 5.49. The molecule has 1 aromatic rings. The van der Waals surface area contributed by atoms with E-state index < -0.39 is 0 Å². The molecule has 0 amide bonds. The Bertz CT molecular complexity index is 582. The highest BCUT2D eigenvalue weighted by Crippen LogP contribution is 2.42. The first-order valence-corrected chi connectivity index (χ1v) is 5.64. The molecule has 0 aromatic carbocycles. The van der Waals surface area contributed by atoms with Gasteiger partial charge in [-0.15, -0.1) is 0 Å². The van der Waals surface area contributed by atoms with Gasteiger partial charge in [-0.1, -0.05) is 36.5 Å². The Morgan fingerprint density at radius 1 is 0.875 bits per heavy atom. The maximum atomic E-state index is 2.43. The molecule has 78 valence electrons. The maximum Gasteiger partial charge on any atom is 0.0956 e. The van der Waals surface area contributed by atoms with E-state index in [1.807, 2.05) is 0 Å². The number of anilines is 1. The largest absolute Gasteiger partial charge is 0.347 e. The molecule has 16 heavy (non-hydrogen) atoms. The average molecular weight is 208 g/mol. The smallest absolute Gasteiger partial charge is 0.0956 e. The minimum Gasteiger partial charge on any atom is -0.347 e. The zero-order valence-electron chi connectivity index (χ0n) is 8.93. The van der Waals surface area contributed by atoms with Crippen LogP contribution in [0.3, 0.4) is 0 Å². The van der Waals surface area contributed by atoms with Crippen molar-refractivity contribution in [2.45, 2.75) is 6.67 Å². The van der Waals surface area contributed by atoms with Gasteiger partial charge in [0.1, 0.15) is 0 Å². The first kappa shape index (κ1) is 8.22. The van der Waals surface area contributed by atoms with E-state index in [-0.39, 0.29) is 0 Å². The van der Waals surface area contributed by atoms with Gasteiger partial charge in [0.2, 0.25) is 0 Å². The summed E-state index contributed by atoms with van der Waals surface area (Å²) in [6.07, 6.45) is 17.3. The molecule has 2 aliphatic heterocycles. The predicted molar refractivity (Wildman–Crippen MR) is 68.0 cm³/mol. The van der Waals surface area contributed by atoms with Gasteiger partial charge in [0.05, 0.1) is 23.7 Å². The molecule has 2 nitrogen and oxygen atoms in total. The molecule has 0 spiro atoms. The van der Waals surface area contributed by atoms with Crippen molar-refractivity contribution in [3.8, 4) is 0 Å². The summed E-state index contributed by atoms with van der Waals surface area (Å²) in [5, 5.41) is 0. The van der Waals surface area contributed by atoms with Crippen LogP contribution in [0.15, 0.2) is 30.4 Å². The Kier molecular flexibility index (Phi) is 1.43. The van der Waals surface area contributed by atoms with E-state index in [4.69, 9.17) is 0 Å². The van der Waals surface area contributed by atoms with E-state index in [1.54, 1.807) is 0 Å². The summed E-state index contributed by atoms with van der Waals surface area (Å²) >= 11 is 0. The van der Waals surface area contributed by atoms with Crippen molar-refractivity contribution in [1.29, 1.82) is 0 Å². The fraction of sp³-hybridized carbons (Fsp3) is 0.143. The molecule has 0 fully saturated rings.